The smallest absolute Gasteiger partial charge is 0.350 e. The van der Waals surface area contributed by atoms with Gasteiger partial charge in [0.2, 0.25) is 5.13 Å². The lowest BCUT2D eigenvalue weighted by Crippen LogP contribution is -1.99. The third-order valence-corrected chi connectivity index (χ3v) is 3.62. The second-order valence-electron chi connectivity index (χ2n) is 4.08. The molecule has 0 saturated carbocycles. The monoisotopic (exact) mass is 301 g/mol. The van der Waals surface area contributed by atoms with E-state index in [-0.39, 0.29) is 5.97 Å². The van der Waals surface area contributed by atoms with Crippen molar-refractivity contribution in [1.82, 2.24) is 4.98 Å². The maximum Gasteiger partial charge on any atom is 0.350 e. The van der Waals surface area contributed by atoms with E-state index in [1.54, 1.807) is 13.1 Å². The van der Waals surface area contributed by atoms with Crippen LogP contribution in [-0.4, -0.2) is 24.3 Å². The molecule has 0 atom stereocenters. The Morgan fingerprint density at radius 1 is 1.38 bits per heavy atom. The van der Waals surface area contributed by atoms with E-state index in [2.05, 4.69) is 20.2 Å². The first-order valence-electron chi connectivity index (χ1n) is 6.27. The number of esters is 1. The van der Waals surface area contributed by atoms with E-state index in [0.717, 1.165) is 5.56 Å². The van der Waals surface area contributed by atoms with E-state index in [1.165, 1.54) is 18.4 Å². The molecule has 0 aliphatic heterocycles. The average molecular weight is 301 g/mol. The molecule has 21 heavy (non-hydrogen) atoms. The summed E-state index contributed by atoms with van der Waals surface area (Å²) in [5.74, 6) is -0.383. The topological polar surface area (TPSA) is 63.6 Å². The van der Waals surface area contributed by atoms with Crippen LogP contribution in [0, 0.1) is 6.92 Å². The van der Waals surface area contributed by atoms with Crippen molar-refractivity contribution in [2.24, 2.45) is 5.10 Å². The molecule has 0 saturated heterocycles. The van der Waals surface area contributed by atoms with Crippen LogP contribution in [0.15, 0.2) is 41.5 Å². The van der Waals surface area contributed by atoms with Crippen molar-refractivity contribution < 1.29 is 9.53 Å². The van der Waals surface area contributed by atoms with Crippen molar-refractivity contribution in [3.8, 4) is 0 Å². The number of hydrogen-bond donors (Lipinski definition) is 1. The van der Waals surface area contributed by atoms with Crippen molar-refractivity contribution in [1.29, 1.82) is 0 Å². The molecule has 0 aliphatic carbocycles. The number of anilines is 1. The molecule has 108 valence electrons. The number of nitrogens with one attached hydrogen (secondary N) is 1. The number of allylic oxidation sites excluding steroid dienone is 1. The highest BCUT2D eigenvalue weighted by atomic mass is 32.1. The van der Waals surface area contributed by atoms with Crippen LogP contribution in [0.4, 0.5) is 5.13 Å². The molecule has 6 heteroatoms. The van der Waals surface area contributed by atoms with Crippen molar-refractivity contribution >= 4 is 34.7 Å². The molecular formula is C15H15N3O2S. The number of carbonyl (C=O) groups excluding carboxylic acids is 1. The maximum absolute atomic E-state index is 11.5. The molecule has 2 rings (SSSR count). The number of hydrogen-bond acceptors (Lipinski definition) is 6. The fraction of sp³-hybridized carbons (Fsp3) is 0.133. The second kappa shape index (κ2) is 7.35. The summed E-state index contributed by atoms with van der Waals surface area (Å²) in [6.45, 7) is 1.76. The van der Waals surface area contributed by atoms with Crippen LogP contribution in [-0.2, 0) is 4.74 Å². The molecule has 0 bridgehead atoms. The zero-order valence-corrected chi connectivity index (χ0v) is 12.6. The van der Waals surface area contributed by atoms with Gasteiger partial charge in [-0.05, 0) is 18.6 Å². The van der Waals surface area contributed by atoms with Gasteiger partial charge >= 0.3 is 5.97 Å². The standard InChI is InChI=1S/C15H15N3O2S/c1-11-13(14(19)20-2)21-15(17-11)18-16-10-6-9-12-7-4-3-5-8-12/h3-10H,1-2H3,(H,17,18)/b9-6+,16-10-. The van der Waals surface area contributed by atoms with Crippen molar-refractivity contribution in [3.63, 3.8) is 0 Å². The SMILES string of the molecule is COC(=O)c1sc(N/N=C\C=C\c2ccccc2)nc1C. The number of aryl methyl sites for hydroxylation is 1. The first-order valence-corrected chi connectivity index (χ1v) is 7.09. The van der Waals surface area contributed by atoms with Gasteiger partial charge in [-0.25, -0.2) is 9.78 Å². The van der Waals surface area contributed by atoms with E-state index in [4.69, 9.17) is 0 Å². The summed E-state index contributed by atoms with van der Waals surface area (Å²) >= 11 is 1.21. The molecule has 0 spiro atoms. The number of thiazole rings is 1. The first kappa shape index (κ1) is 14.9. The van der Waals surface area contributed by atoms with Crippen molar-refractivity contribution in [2.45, 2.75) is 6.92 Å². The van der Waals surface area contributed by atoms with Gasteiger partial charge in [0.1, 0.15) is 4.88 Å². The predicted octanol–water partition coefficient (Wildman–Crippen LogP) is 3.35. The summed E-state index contributed by atoms with van der Waals surface area (Å²) in [5.41, 5.74) is 4.52. The average Bonchev–Trinajstić information content (AvgIpc) is 2.88. The molecule has 5 nitrogen and oxygen atoms in total. The molecule has 1 heterocycles. The van der Waals surface area contributed by atoms with E-state index >= 15 is 0 Å². The van der Waals surface area contributed by atoms with Gasteiger partial charge in [0.25, 0.3) is 0 Å². The number of carbonyl (C=O) groups is 1. The molecule has 1 aromatic carbocycles. The van der Waals surface area contributed by atoms with Crippen LogP contribution in [0.2, 0.25) is 0 Å². The summed E-state index contributed by atoms with van der Waals surface area (Å²) in [4.78, 5) is 16.1. The lowest BCUT2D eigenvalue weighted by atomic mass is 10.2. The molecule has 0 amide bonds. The fourth-order valence-electron chi connectivity index (χ4n) is 1.58. The van der Waals surface area contributed by atoms with E-state index < -0.39 is 0 Å². The van der Waals surface area contributed by atoms with Crippen molar-refractivity contribution in [3.05, 3.63) is 52.5 Å². The lowest BCUT2D eigenvalue weighted by Gasteiger charge is -1.93. The second-order valence-corrected chi connectivity index (χ2v) is 5.08. The van der Waals surface area contributed by atoms with Crippen LogP contribution in [0.3, 0.4) is 0 Å². The molecule has 0 fully saturated rings. The van der Waals surface area contributed by atoms with Crippen LogP contribution < -0.4 is 5.43 Å². The van der Waals surface area contributed by atoms with Crippen LogP contribution in [0.5, 0.6) is 0 Å². The number of ether oxygens (including phenoxy) is 1. The summed E-state index contributed by atoms with van der Waals surface area (Å²) in [7, 11) is 1.35. The highest BCUT2D eigenvalue weighted by Crippen LogP contribution is 2.22. The Hall–Kier alpha value is -2.47. The first-order chi connectivity index (χ1) is 10.2. The number of aromatic nitrogens is 1. The summed E-state index contributed by atoms with van der Waals surface area (Å²) < 4.78 is 4.68. The maximum atomic E-state index is 11.5. The van der Waals surface area contributed by atoms with Gasteiger partial charge in [-0.2, -0.15) is 5.10 Å². The Morgan fingerprint density at radius 2 is 2.14 bits per heavy atom. The van der Waals surface area contributed by atoms with E-state index in [0.29, 0.717) is 15.7 Å². The van der Waals surface area contributed by atoms with Crippen LogP contribution in [0.25, 0.3) is 6.08 Å². The Kier molecular flexibility index (Phi) is 5.22. The zero-order valence-electron chi connectivity index (χ0n) is 11.7. The van der Waals surface area contributed by atoms with Gasteiger partial charge in [-0.3, -0.25) is 5.43 Å². The number of methoxy groups -OCH3 is 1. The van der Waals surface area contributed by atoms with Gasteiger partial charge in [-0.15, -0.1) is 0 Å². The number of hydrazone groups is 1. The highest BCUT2D eigenvalue weighted by molar-refractivity contribution is 7.17. The minimum atomic E-state index is -0.383. The largest absolute Gasteiger partial charge is 0.465 e. The number of nitrogens with zero attached hydrogens (tertiary/aromatic N) is 2. The minimum absolute atomic E-state index is 0.383. The molecule has 0 radical (unpaired) electrons. The molecule has 2 aromatic rings. The summed E-state index contributed by atoms with van der Waals surface area (Å²) in [5, 5.41) is 4.58. The van der Waals surface area contributed by atoms with Gasteiger partial charge < -0.3 is 4.74 Å². The predicted molar refractivity (Wildman–Crippen MR) is 85.8 cm³/mol. The molecule has 1 N–H and O–H groups in total. The van der Waals surface area contributed by atoms with Crippen LogP contribution in [0.1, 0.15) is 20.9 Å². The molecule has 0 unspecified atom stereocenters. The Bertz CT molecular complexity index is 663. The molecule has 1 aromatic heterocycles. The lowest BCUT2D eigenvalue weighted by molar-refractivity contribution is 0.0605. The van der Waals surface area contributed by atoms with E-state index in [9.17, 15) is 4.79 Å². The number of rotatable bonds is 5. The Labute approximate surface area is 127 Å². The Morgan fingerprint density at radius 3 is 2.86 bits per heavy atom. The van der Waals surface area contributed by atoms with Gasteiger partial charge in [0, 0.05) is 6.21 Å². The highest BCUT2D eigenvalue weighted by Gasteiger charge is 2.14. The Balaban J connectivity index is 1.93. The van der Waals surface area contributed by atoms with Crippen molar-refractivity contribution in [2.75, 3.05) is 12.5 Å². The molecular weight excluding hydrogens is 286 g/mol. The molecule has 0 aliphatic rings. The quantitative estimate of drug-likeness (QED) is 0.522. The third-order valence-electron chi connectivity index (χ3n) is 2.58. The minimum Gasteiger partial charge on any atom is -0.465 e. The van der Waals surface area contributed by atoms with Gasteiger partial charge in [-0.1, -0.05) is 47.7 Å². The van der Waals surface area contributed by atoms with Gasteiger partial charge in [0.05, 0.1) is 12.8 Å². The fourth-order valence-corrected chi connectivity index (χ4v) is 2.41. The normalized spacial score (nSPS) is 11.1. The van der Waals surface area contributed by atoms with E-state index in [1.807, 2.05) is 42.5 Å². The zero-order chi connectivity index (χ0) is 15.1. The van der Waals surface area contributed by atoms with Gasteiger partial charge in [0.15, 0.2) is 0 Å². The summed E-state index contributed by atoms with van der Waals surface area (Å²) in [6, 6.07) is 9.93. The third kappa shape index (κ3) is 4.25. The summed E-state index contributed by atoms with van der Waals surface area (Å²) in [6.07, 6.45) is 5.39. The number of benzene rings is 1. The van der Waals surface area contributed by atoms with Crippen LogP contribution >= 0.6 is 11.3 Å².